The van der Waals surface area contributed by atoms with Gasteiger partial charge < -0.3 is 20.2 Å². The highest BCUT2D eigenvalue weighted by molar-refractivity contribution is 5.50. The maximum atomic E-state index is 10.1. The number of aryl methyl sites for hydroxylation is 1. The first-order valence-electron chi connectivity index (χ1n) is 9.79. The van der Waals surface area contributed by atoms with E-state index in [1.807, 2.05) is 12.3 Å². The summed E-state index contributed by atoms with van der Waals surface area (Å²) in [5.74, 6) is 1.67. The van der Waals surface area contributed by atoms with Crippen LogP contribution in [0.25, 0.3) is 0 Å². The lowest BCUT2D eigenvalue weighted by Gasteiger charge is -2.27. The third-order valence-electron chi connectivity index (χ3n) is 5.44. The molecule has 0 amide bonds. The van der Waals surface area contributed by atoms with E-state index in [0.717, 1.165) is 44.1 Å². The third-order valence-corrected chi connectivity index (χ3v) is 5.44. The molecular formula is C19H29N7O. The van der Waals surface area contributed by atoms with E-state index in [9.17, 15) is 5.11 Å². The fraction of sp³-hybridized carbons (Fsp3) is 0.632. The normalized spacial score (nSPS) is 22.3. The van der Waals surface area contributed by atoms with Crippen molar-refractivity contribution < 1.29 is 5.11 Å². The van der Waals surface area contributed by atoms with Crippen molar-refractivity contribution in [3.8, 4) is 0 Å². The molecular weight excluding hydrogens is 342 g/mol. The van der Waals surface area contributed by atoms with E-state index in [-0.39, 0.29) is 12.1 Å². The van der Waals surface area contributed by atoms with Crippen LogP contribution in [0.1, 0.15) is 30.5 Å². The van der Waals surface area contributed by atoms with E-state index >= 15 is 0 Å². The standard InChI is InChI=1S/C19H29N7O/c1-24(2)11-15-7-16(27)12-25(15)19-8-18(21-13-22-19)20-9-14-10-23-26-6-4-3-5-17(14)26/h8,10,13,15-16,27H,3-7,9,11-12H2,1-2H3,(H,20,21,22)/t15-,16-/m1/s1. The lowest BCUT2D eigenvalue weighted by atomic mass is 10.1. The fourth-order valence-electron chi connectivity index (χ4n) is 4.19. The molecule has 27 heavy (non-hydrogen) atoms. The lowest BCUT2D eigenvalue weighted by molar-refractivity contribution is 0.191. The molecule has 0 bridgehead atoms. The van der Waals surface area contributed by atoms with Crippen molar-refractivity contribution in [1.29, 1.82) is 0 Å². The Morgan fingerprint density at radius 1 is 1.30 bits per heavy atom. The van der Waals surface area contributed by atoms with E-state index in [1.54, 1.807) is 6.33 Å². The SMILES string of the molecule is CN(C)C[C@H]1C[C@@H](O)CN1c1cc(NCc2cnn3c2CCCC3)ncn1. The Morgan fingerprint density at radius 2 is 2.19 bits per heavy atom. The van der Waals surface area contributed by atoms with Crippen LogP contribution in [0, 0.1) is 0 Å². The van der Waals surface area contributed by atoms with E-state index in [4.69, 9.17) is 0 Å². The summed E-state index contributed by atoms with van der Waals surface area (Å²) in [6, 6.07) is 2.25. The molecule has 0 unspecified atom stereocenters. The fourth-order valence-corrected chi connectivity index (χ4v) is 4.19. The second-order valence-electron chi connectivity index (χ2n) is 7.87. The smallest absolute Gasteiger partial charge is 0.134 e. The van der Waals surface area contributed by atoms with E-state index in [2.05, 4.69) is 49.0 Å². The van der Waals surface area contributed by atoms with Gasteiger partial charge >= 0.3 is 0 Å². The van der Waals surface area contributed by atoms with Crippen molar-refractivity contribution in [3.05, 3.63) is 29.8 Å². The molecule has 2 aromatic heterocycles. The summed E-state index contributed by atoms with van der Waals surface area (Å²) in [5, 5.41) is 18.0. The molecule has 0 aliphatic carbocycles. The Kier molecular flexibility index (Phi) is 5.27. The minimum Gasteiger partial charge on any atom is -0.391 e. The molecule has 2 N–H and O–H groups in total. The van der Waals surface area contributed by atoms with E-state index in [1.165, 1.54) is 24.1 Å². The van der Waals surface area contributed by atoms with Crippen LogP contribution in [0.15, 0.2) is 18.6 Å². The number of aromatic nitrogens is 4. The first-order valence-corrected chi connectivity index (χ1v) is 9.79. The quantitative estimate of drug-likeness (QED) is 0.787. The predicted molar refractivity (Wildman–Crippen MR) is 105 cm³/mol. The molecule has 0 aromatic carbocycles. The molecule has 8 heteroatoms. The highest BCUT2D eigenvalue weighted by Crippen LogP contribution is 2.26. The molecule has 1 fully saturated rings. The van der Waals surface area contributed by atoms with Crippen LogP contribution >= 0.6 is 0 Å². The van der Waals surface area contributed by atoms with Gasteiger partial charge in [-0.05, 0) is 39.8 Å². The molecule has 0 spiro atoms. The summed E-state index contributed by atoms with van der Waals surface area (Å²) >= 11 is 0. The minimum absolute atomic E-state index is 0.264. The second-order valence-corrected chi connectivity index (χ2v) is 7.87. The molecule has 0 saturated carbocycles. The average molecular weight is 371 g/mol. The van der Waals surface area contributed by atoms with Gasteiger partial charge in [0.05, 0.1) is 12.3 Å². The lowest BCUT2D eigenvalue weighted by Crippen LogP contribution is -2.38. The summed E-state index contributed by atoms with van der Waals surface area (Å²) in [6.07, 6.45) is 7.59. The van der Waals surface area contributed by atoms with Gasteiger partial charge in [-0.1, -0.05) is 0 Å². The van der Waals surface area contributed by atoms with Crippen molar-refractivity contribution in [2.45, 2.75) is 50.9 Å². The summed E-state index contributed by atoms with van der Waals surface area (Å²) in [5.41, 5.74) is 2.59. The number of nitrogens with one attached hydrogen (secondary N) is 1. The van der Waals surface area contributed by atoms with E-state index < -0.39 is 0 Å². The zero-order valence-corrected chi connectivity index (χ0v) is 16.2. The second kappa shape index (κ2) is 7.82. The van der Waals surface area contributed by atoms with Crippen molar-refractivity contribution in [2.24, 2.45) is 0 Å². The van der Waals surface area contributed by atoms with Crippen molar-refractivity contribution >= 4 is 11.6 Å². The number of anilines is 2. The van der Waals surface area contributed by atoms with Gasteiger partial charge in [0, 0.05) is 49.5 Å². The molecule has 146 valence electrons. The summed E-state index contributed by atoms with van der Waals surface area (Å²) in [6.45, 7) is 3.26. The van der Waals surface area contributed by atoms with Crippen LogP contribution in [-0.2, 0) is 19.5 Å². The largest absolute Gasteiger partial charge is 0.391 e. The van der Waals surface area contributed by atoms with Crippen molar-refractivity contribution in [3.63, 3.8) is 0 Å². The number of aliphatic hydroxyl groups excluding tert-OH is 1. The van der Waals surface area contributed by atoms with Gasteiger partial charge in [0.2, 0.25) is 0 Å². The monoisotopic (exact) mass is 371 g/mol. The molecule has 2 aliphatic rings. The number of nitrogens with zero attached hydrogens (tertiary/aromatic N) is 6. The van der Waals surface area contributed by atoms with Gasteiger partial charge in [-0.2, -0.15) is 5.10 Å². The zero-order chi connectivity index (χ0) is 18.8. The molecule has 2 aromatic rings. The number of aliphatic hydroxyl groups is 1. The zero-order valence-electron chi connectivity index (χ0n) is 16.2. The predicted octanol–water partition coefficient (Wildman–Crippen LogP) is 1.12. The first-order chi connectivity index (χ1) is 13.1. The van der Waals surface area contributed by atoms with Crippen LogP contribution < -0.4 is 10.2 Å². The Labute approximate surface area is 160 Å². The summed E-state index contributed by atoms with van der Waals surface area (Å²) in [4.78, 5) is 13.2. The molecule has 4 heterocycles. The van der Waals surface area contributed by atoms with Crippen molar-refractivity contribution in [1.82, 2.24) is 24.6 Å². The van der Waals surface area contributed by atoms with Crippen LogP contribution in [0.2, 0.25) is 0 Å². The van der Waals surface area contributed by atoms with Crippen molar-refractivity contribution in [2.75, 3.05) is 37.4 Å². The van der Waals surface area contributed by atoms with Gasteiger partial charge in [0.1, 0.15) is 18.0 Å². The number of β-amino-alcohol motifs (C(OH)–C–C–N with tert-alkyl or cyclic N) is 1. The Hall–Kier alpha value is -2.19. The number of likely N-dealkylation sites (N-methyl/N-ethyl adjacent to an activating group) is 1. The summed E-state index contributed by atoms with van der Waals surface area (Å²) < 4.78 is 2.13. The van der Waals surface area contributed by atoms with Gasteiger partial charge in [-0.15, -0.1) is 0 Å². The summed E-state index contributed by atoms with van der Waals surface area (Å²) in [7, 11) is 4.12. The van der Waals surface area contributed by atoms with Gasteiger partial charge in [-0.25, -0.2) is 9.97 Å². The molecule has 1 saturated heterocycles. The minimum atomic E-state index is -0.305. The van der Waals surface area contributed by atoms with Gasteiger partial charge in [0.25, 0.3) is 0 Å². The first kappa shape index (κ1) is 18.2. The molecule has 2 atom stereocenters. The Bertz CT molecular complexity index is 775. The maximum Gasteiger partial charge on any atom is 0.134 e. The Balaban J connectivity index is 1.45. The highest BCUT2D eigenvalue weighted by Gasteiger charge is 2.32. The van der Waals surface area contributed by atoms with Crippen LogP contribution in [-0.4, -0.2) is 69.1 Å². The molecule has 4 rings (SSSR count). The maximum absolute atomic E-state index is 10.1. The molecule has 2 aliphatic heterocycles. The average Bonchev–Trinajstić information content (AvgIpc) is 3.23. The van der Waals surface area contributed by atoms with Crippen LogP contribution in [0.4, 0.5) is 11.6 Å². The molecule has 0 radical (unpaired) electrons. The Morgan fingerprint density at radius 3 is 3.04 bits per heavy atom. The topological polar surface area (TPSA) is 82.3 Å². The van der Waals surface area contributed by atoms with Crippen LogP contribution in [0.5, 0.6) is 0 Å². The number of fused-ring (bicyclic) bond motifs is 1. The molecule has 8 nitrogen and oxygen atoms in total. The number of hydrogen-bond acceptors (Lipinski definition) is 7. The van der Waals surface area contributed by atoms with E-state index in [0.29, 0.717) is 6.54 Å². The number of rotatable bonds is 6. The highest BCUT2D eigenvalue weighted by atomic mass is 16.3. The van der Waals surface area contributed by atoms with Crippen LogP contribution in [0.3, 0.4) is 0 Å². The third kappa shape index (κ3) is 4.06. The van der Waals surface area contributed by atoms with Gasteiger partial charge in [-0.3, -0.25) is 4.68 Å². The number of hydrogen-bond donors (Lipinski definition) is 2. The van der Waals surface area contributed by atoms with Gasteiger partial charge in [0.15, 0.2) is 0 Å².